The molecule has 26 heavy (non-hydrogen) atoms. The lowest BCUT2D eigenvalue weighted by molar-refractivity contribution is -0.0235. The number of anilines is 1. The number of phenolic OH excluding ortho intramolecular Hbond substituents is 1. The summed E-state index contributed by atoms with van der Waals surface area (Å²) in [6, 6.07) is 8.97. The molecule has 0 spiro atoms. The minimum atomic E-state index is -1.13. The Balaban J connectivity index is 1.79. The summed E-state index contributed by atoms with van der Waals surface area (Å²) in [6.45, 7) is 1.78. The summed E-state index contributed by atoms with van der Waals surface area (Å²) >= 11 is 0. The van der Waals surface area contributed by atoms with Crippen LogP contribution in [0.25, 0.3) is 22.0 Å². The van der Waals surface area contributed by atoms with Gasteiger partial charge in [0.05, 0.1) is 5.60 Å². The van der Waals surface area contributed by atoms with Crippen molar-refractivity contribution in [3.63, 3.8) is 0 Å². The van der Waals surface area contributed by atoms with E-state index in [1.54, 1.807) is 19.1 Å². The van der Waals surface area contributed by atoms with Crippen LogP contribution in [0.2, 0.25) is 0 Å². The van der Waals surface area contributed by atoms with Crippen LogP contribution in [0.15, 0.2) is 36.4 Å². The predicted molar refractivity (Wildman–Crippen MR) is 93.8 cm³/mol. The molecule has 3 N–H and O–H groups in total. The summed E-state index contributed by atoms with van der Waals surface area (Å²) in [5.74, 6) is -2.05. The first-order valence-corrected chi connectivity index (χ1v) is 8.27. The average molecular weight is 357 g/mol. The molecule has 7 heteroatoms. The fourth-order valence-electron chi connectivity index (χ4n) is 3.43. The van der Waals surface area contributed by atoms with E-state index >= 15 is 0 Å². The predicted octanol–water partition coefficient (Wildman–Crippen LogP) is 3.61. The molecule has 0 saturated heterocycles. The number of aromatic hydroxyl groups is 1. The monoisotopic (exact) mass is 357 g/mol. The van der Waals surface area contributed by atoms with Crippen molar-refractivity contribution in [3.05, 3.63) is 48.0 Å². The second-order valence-electron chi connectivity index (χ2n) is 6.97. The summed E-state index contributed by atoms with van der Waals surface area (Å²) in [5.41, 5.74) is -0.327. The van der Waals surface area contributed by atoms with E-state index in [2.05, 4.69) is 15.5 Å². The number of hydrogen-bond donors (Lipinski definition) is 3. The van der Waals surface area contributed by atoms with Crippen molar-refractivity contribution in [1.29, 1.82) is 0 Å². The van der Waals surface area contributed by atoms with Gasteiger partial charge in [-0.05, 0) is 25.8 Å². The molecule has 1 fully saturated rings. The molecule has 0 atom stereocenters. The number of nitrogens with zero attached hydrogens (tertiary/aromatic N) is 2. The molecule has 134 valence electrons. The van der Waals surface area contributed by atoms with Gasteiger partial charge in [-0.1, -0.05) is 24.3 Å². The number of phenols is 1. The Morgan fingerprint density at radius 3 is 2.42 bits per heavy atom. The molecule has 0 unspecified atom stereocenters. The van der Waals surface area contributed by atoms with E-state index in [4.69, 9.17) is 0 Å². The van der Waals surface area contributed by atoms with E-state index in [1.165, 1.54) is 0 Å². The lowest BCUT2D eigenvalue weighted by Crippen LogP contribution is -2.48. The zero-order valence-electron chi connectivity index (χ0n) is 14.0. The van der Waals surface area contributed by atoms with Crippen molar-refractivity contribution in [2.75, 3.05) is 5.32 Å². The van der Waals surface area contributed by atoms with Gasteiger partial charge in [-0.3, -0.25) is 0 Å². The molecule has 1 aliphatic rings. The number of aromatic nitrogens is 2. The molecule has 1 saturated carbocycles. The molecule has 0 aliphatic heterocycles. The van der Waals surface area contributed by atoms with Crippen LogP contribution in [0, 0.1) is 11.6 Å². The number of rotatable bonds is 3. The topological polar surface area (TPSA) is 78.3 Å². The molecule has 5 nitrogen and oxygen atoms in total. The molecule has 0 amide bonds. The van der Waals surface area contributed by atoms with Crippen LogP contribution >= 0.6 is 0 Å². The van der Waals surface area contributed by atoms with Crippen molar-refractivity contribution in [2.24, 2.45) is 0 Å². The van der Waals surface area contributed by atoms with Crippen molar-refractivity contribution in [3.8, 4) is 17.0 Å². The first kappa shape index (κ1) is 16.7. The molecular weight excluding hydrogens is 340 g/mol. The summed E-state index contributed by atoms with van der Waals surface area (Å²) in [7, 11) is 0. The molecule has 4 rings (SSSR count). The van der Waals surface area contributed by atoms with Crippen LogP contribution in [0.3, 0.4) is 0 Å². The van der Waals surface area contributed by atoms with Crippen LogP contribution in [-0.2, 0) is 0 Å². The summed E-state index contributed by atoms with van der Waals surface area (Å²) < 4.78 is 27.0. The lowest BCUT2D eigenvalue weighted by Gasteiger charge is -2.41. The maximum Gasteiger partial charge on any atom is 0.162 e. The van der Waals surface area contributed by atoms with Gasteiger partial charge >= 0.3 is 0 Å². The second kappa shape index (κ2) is 5.88. The third-order valence-corrected chi connectivity index (χ3v) is 4.69. The highest BCUT2D eigenvalue weighted by molar-refractivity contribution is 6.00. The van der Waals surface area contributed by atoms with Gasteiger partial charge in [0.15, 0.2) is 17.5 Å². The third-order valence-electron chi connectivity index (χ3n) is 4.69. The normalized spacial score (nSPS) is 22.2. The Morgan fingerprint density at radius 2 is 1.73 bits per heavy atom. The minimum Gasteiger partial charge on any atom is -0.507 e. The van der Waals surface area contributed by atoms with Gasteiger partial charge in [0.2, 0.25) is 0 Å². The van der Waals surface area contributed by atoms with Crippen molar-refractivity contribution >= 4 is 16.6 Å². The molecule has 2 aromatic carbocycles. The smallest absolute Gasteiger partial charge is 0.162 e. The Kier molecular flexibility index (Phi) is 3.77. The van der Waals surface area contributed by atoms with Gasteiger partial charge in [0.25, 0.3) is 0 Å². The zero-order chi connectivity index (χ0) is 18.5. The van der Waals surface area contributed by atoms with E-state index in [0.29, 0.717) is 24.0 Å². The molecule has 3 aromatic rings. The number of aliphatic hydroxyl groups is 1. The van der Waals surface area contributed by atoms with Crippen molar-refractivity contribution < 1.29 is 19.0 Å². The SMILES string of the molecule is CC1(O)CC(Nc2nnc(-c3cc(F)c(F)cc3O)c3ccccc23)C1. The quantitative estimate of drug-likeness (QED) is 0.667. The van der Waals surface area contributed by atoms with Gasteiger partial charge in [-0.2, -0.15) is 0 Å². The van der Waals surface area contributed by atoms with Crippen molar-refractivity contribution in [1.82, 2.24) is 10.2 Å². The number of halogens is 2. The fraction of sp³-hybridized carbons (Fsp3) is 0.263. The van der Waals surface area contributed by atoms with Crippen LogP contribution in [0.4, 0.5) is 14.6 Å². The molecule has 1 aliphatic carbocycles. The van der Waals surface area contributed by atoms with Crippen LogP contribution in [0.1, 0.15) is 19.8 Å². The number of nitrogens with one attached hydrogen (secondary N) is 1. The first-order valence-electron chi connectivity index (χ1n) is 8.27. The van der Waals surface area contributed by atoms with Gasteiger partial charge in [0.1, 0.15) is 11.4 Å². The first-order chi connectivity index (χ1) is 12.3. The largest absolute Gasteiger partial charge is 0.507 e. The van der Waals surface area contributed by atoms with Crippen molar-refractivity contribution in [2.45, 2.75) is 31.4 Å². The number of fused-ring (bicyclic) bond motifs is 1. The van der Waals surface area contributed by atoms with E-state index in [1.807, 2.05) is 12.1 Å². The summed E-state index contributed by atoms with van der Waals surface area (Å²) in [6.07, 6.45) is 1.21. The van der Waals surface area contributed by atoms with Gasteiger partial charge in [-0.25, -0.2) is 8.78 Å². The van der Waals surface area contributed by atoms with E-state index in [0.717, 1.165) is 17.5 Å². The maximum atomic E-state index is 13.7. The van der Waals surface area contributed by atoms with Gasteiger partial charge in [0, 0.05) is 28.4 Å². The highest BCUT2D eigenvalue weighted by Gasteiger charge is 2.38. The highest BCUT2D eigenvalue weighted by atomic mass is 19.2. The maximum absolute atomic E-state index is 13.7. The Hall–Kier alpha value is -2.80. The second-order valence-corrected chi connectivity index (χ2v) is 6.97. The number of benzene rings is 2. The zero-order valence-corrected chi connectivity index (χ0v) is 14.0. The van der Waals surface area contributed by atoms with E-state index in [9.17, 15) is 19.0 Å². The van der Waals surface area contributed by atoms with E-state index in [-0.39, 0.29) is 17.3 Å². The van der Waals surface area contributed by atoms with Gasteiger partial charge < -0.3 is 15.5 Å². The molecule has 0 bridgehead atoms. The van der Waals surface area contributed by atoms with Crippen LogP contribution in [-0.4, -0.2) is 32.1 Å². The minimum absolute atomic E-state index is 0.0747. The summed E-state index contributed by atoms with van der Waals surface area (Å²) in [5, 5.41) is 32.9. The molecular formula is C19H17F2N3O2. The fourth-order valence-corrected chi connectivity index (χ4v) is 3.43. The van der Waals surface area contributed by atoms with Gasteiger partial charge in [-0.15, -0.1) is 10.2 Å². The van der Waals surface area contributed by atoms with E-state index < -0.39 is 23.0 Å². The Bertz CT molecular complexity index is 999. The Labute approximate surface area is 148 Å². The Morgan fingerprint density at radius 1 is 1.08 bits per heavy atom. The highest BCUT2D eigenvalue weighted by Crippen LogP contribution is 2.38. The lowest BCUT2D eigenvalue weighted by atomic mass is 9.77. The average Bonchev–Trinajstić information content (AvgIpc) is 2.57. The van der Waals surface area contributed by atoms with Crippen LogP contribution in [0.5, 0.6) is 5.75 Å². The summed E-state index contributed by atoms with van der Waals surface area (Å²) in [4.78, 5) is 0. The standard InChI is InChI=1S/C19H17F2N3O2/c1-19(26)8-10(9-19)22-18-12-5-3-2-4-11(12)17(23-24-18)13-6-14(20)15(21)7-16(13)25/h2-7,10,25-26H,8-9H2,1H3,(H,22,24). The molecule has 0 radical (unpaired) electrons. The molecule has 1 heterocycles. The number of hydrogen-bond acceptors (Lipinski definition) is 5. The third kappa shape index (κ3) is 2.84. The molecule has 1 aromatic heterocycles. The van der Waals surface area contributed by atoms with Crippen LogP contribution < -0.4 is 5.32 Å².